The monoisotopic (exact) mass is 362 g/mol. The molecule has 5 heteroatoms. The second-order valence-corrected chi connectivity index (χ2v) is 7.83. The Morgan fingerprint density at radius 3 is 2.00 bits per heavy atom. The second-order valence-electron chi connectivity index (χ2n) is 6.32. The topological polar surface area (TPSA) is 17.1 Å². The summed E-state index contributed by atoms with van der Waals surface area (Å²) in [5, 5.41) is 1.25. The van der Waals surface area contributed by atoms with E-state index in [2.05, 4.69) is 6.92 Å². The highest BCUT2D eigenvalue weighted by molar-refractivity contribution is 6.52. The molecule has 0 aromatic heterocycles. The maximum absolute atomic E-state index is 12.9. The molecule has 0 saturated carbocycles. The fraction of sp³-hybridized carbons (Fsp3) is 0.438. The average Bonchev–Trinajstić information content (AvgIpc) is 2.76. The van der Waals surface area contributed by atoms with Crippen molar-refractivity contribution in [3.63, 3.8) is 0 Å². The van der Waals surface area contributed by atoms with E-state index in [9.17, 15) is 4.79 Å². The van der Waals surface area contributed by atoms with Crippen LogP contribution in [0.15, 0.2) is 11.1 Å². The number of hydrogen-bond donors (Lipinski definition) is 0. The smallest absolute Gasteiger partial charge is 0.169 e. The first kappa shape index (κ1) is 15.7. The first-order chi connectivity index (χ1) is 9.59. The molecule has 2 aliphatic rings. The zero-order chi connectivity index (χ0) is 15.9. The average molecular weight is 364 g/mol. The van der Waals surface area contributed by atoms with Gasteiger partial charge in [0.1, 0.15) is 0 Å². The van der Waals surface area contributed by atoms with Crippen molar-refractivity contribution in [2.45, 2.75) is 39.5 Å². The van der Waals surface area contributed by atoms with E-state index in [4.69, 9.17) is 46.4 Å². The minimum Gasteiger partial charge on any atom is -0.294 e. The van der Waals surface area contributed by atoms with Crippen LogP contribution in [0.25, 0.3) is 0 Å². The first-order valence-electron chi connectivity index (χ1n) is 6.67. The zero-order valence-electron chi connectivity index (χ0n) is 12.1. The predicted octanol–water partition coefficient (Wildman–Crippen LogP) is 6.04. The Kier molecular flexibility index (Phi) is 3.29. The lowest BCUT2D eigenvalue weighted by molar-refractivity contribution is -0.121. The highest BCUT2D eigenvalue weighted by Crippen LogP contribution is 2.65. The fourth-order valence-corrected chi connectivity index (χ4v) is 5.15. The van der Waals surface area contributed by atoms with E-state index in [0.717, 1.165) is 22.3 Å². The molecule has 3 rings (SSSR count). The van der Waals surface area contributed by atoms with Crippen LogP contribution in [0.4, 0.5) is 0 Å². The minimum absolute atomic E-state index is 0.0950. The molecule has 0 amide bonds. The molecule has 2 aliphatic carbocycles. The second kappa shape index (κ2) is 4.41. The molecule has 0 aliphatic heterocycles. The summed E-state index contributed by atoms with van der Waals surface area (Å²) in [4.78, 5) is 12.9. The van der Waals surface area contributed by atoms with Gasteiger partial charge in [-0.25, -0.2) is 0 Å². The summed E-state index contributed by atoms with van der Waals surface area (Å²) in [5.41, 5.74) is 2.42. The van der Waals surface area contributed by atoms with Gasteiger partial charge in [0.05, 0.1) is 25.5 Å². The van der Waals surface area contributed by atoms with Gasteiger partial charge in [-0.15, -0.1) is 0 Å². The Labute approximate surface area is 144 Å². The largest absolute Gasteiger partial charge is 0.294 e. The zero-order valence-corrected chi connectivity index (χ0v) is 15.2. The molecule has 0 N–H and O–H groups in total. The molecule has 112 valence electrons. The van der Waals surface area contributed by atoms with Gasteiger partial charge in [-0.1, -0.05) is 58.9 Å². The van der Waals surface area contributed by atoms with Crippen LogP contribution in [0, 0.1) is 5.41 Å². The van der Waals surface area contributed by atoms with Gasteiger partial charge in [-0.05, 0) is 43.9 Å². The number of benzene rings is 1. The van der Waals surface area contributed by atoms with Gasteiger partial charge in [0.2, 0.25) is 0 Å². The maximum atomic E-state index is 12.9. The summed E-state index contributed by atoms with van der Waals surface area (Å²) < 4.78 is 0. The van der Waals surface area contributed by atoms with Crippen LogP contribution < -0.4 is 0 Å². The van der Waals surface area contributed by atoms with Crippen molar-refractivity contribution >= 4 is 52.2 Å². The van der Waals surface area contributed by atoms with Crippen LogP contribution in [0.2, 0.25) is 20.1 Å². The highest BCUT2D eigenvalue weighted by atomic mass is 35.5. The number of rotatable bonds is 0. The lowest BCUT2D eigenvalue weighted by atomic mass is 9.65. The standard InChI is InChI=1S/C16H14Cl4O/c1-6-7(2)15(3)5-8-9(16(15,4)14(6)21)11(18)13(20)12(19)10(8)17/h5H2,1-4H3/t15-,16+/m1/s1. The van der Waals surface area contributed by atoms with E-state index >= 15 is 0 Å². The first-order valence-corrected chi connectivity index (χ1v) is 8.18. The number of carbonyl (C=O) groups excluding carboxylic acids is 1. The lowest BCUT2D eigenvalue weighted by Gasteiger charge is -2.36. The molecule has 1 aromatic carbocycles. The van der Waals surface area contributed by atoms with Gasteiger partial charge >= 0.3 is 0 Å². The van der Waals surface area contributed by atoms with Gasteiger partial charge in [-0.2, -0.15) is 0 Å². The fourth-order valence-electron chi connectivity index (χ4n) is 4.00. The van der Waals surface area contributed by atoms with Crippen molar-refractivity contribution in [2.75, 3.05) is 0 Å². The number of ketones is 1. The van der Waals surface area contributed by atoms with E-state index in [-0.39, 0.29) is 21.2 Å². The third kappa shape index (κ3) is 1.54. The van der Waals surface area contributed by atoms with E-state index in [1.807, 2.05) is 20.8 Å². The van der Waals surface area contributed by atoms with Crippen molar-refractivity contribution in [3.05, 3.63) is 42.4 Å². The normalized spacial score (nSPS) is 31.0. The number of Topliss-reactive ketones (excluding diaryl/α,β-unsaturated/α-hetero) is 1. The number of hydrogen-bond acceptors (Lipinski definition) is 1. The third-order valence-corrected chi connectivity index (χ3v) is 7.52. The van der Waals surface area contributed by atoms with Gasteiger partial charge in [0.25, 0.3) is 0 Å². The number of carbonyl (C=O) groups is 1. The molecule has 21 heavy (non-hydrogen) atoms. The summed E-state index contributed by atoms with van der Waals surface area (Å²) in [7, 11) is 0. The molecular formula is C16H14Cl4O. The molecule has 1 nitrogen and oxygen atoms in total. The van der Waals surface area contributed by atoms with Crippen LogP contribution in [0.5, 0.6) is 0 Å². The molecule has 0 heterocycles. The summed E-state index contributed by atoms with van der Waals surface area (Å²) in [6, 6.07) is 0. The van der Waals surface area contributed by atoms with Crippen molar-refractivity contribution in [1.82, 2.24) is 0 Å². The van der Waals surface area contributed by atoms with Crippen LogP contribution in [-0.4, -0.2) is 5.78 Å². The molecule has 1 aromatic rings. The Morgan fingerprint density at radius 2 is 1.43 bits per heavy atom. The van der Waals surface area contributed by atoms with Crippen LogP contribution in [0.1, 0.15) is 38.8 Å². The third-order valence-electron chi connectivity index (χ3n) is 5.68. The van der Waals surface area contributed by atoms with Crippen LogP contribution >= 0.6 is 46.4 Å². The van der Waals surface area contributed by atoms with E-state index in [1.165, 1.54) is 0 Å². The molecule has 0 bridgehead atoms. The SMILES string of the molecule is CC1=C(C)[C@@]2(C)Cc3c(Cl)c(Cl)c(Cl)c(Cl)c3[C@@]2(C)C1=O. The van der Waals surface area contributed by atoms with Gasteiger partial charge in [0, 0.05) is 5.41 Å². The van der Waals surface area contributed by atoms with Crippen LogP contribution in [0.3, 0.4) is 0 Å². The van der Waals surface area contributed by atoms with Crippen molar-refractivity contribution in [1.29, 1.82) is 0 Å². The van der Waals surface area contributed by atoms with E-state index in [1.54, 1.807) is 0 Å². The predicted molar refractivity (Wildman–Crippen MR) is 89.0 cm³/mol. The highest BCUT2D eigenvalue weighted by Gasteiger charge is 2.63. The molecular weight excluding hydrogens is 350 g/mol. The van der Waals surface area contributed by atoms with Crippen molar-refractivity contribution in [2.24, 2.45) is 5.41 Å². The molecule has 0 saturated heterocycles. The quantitative estimate of drug-likeness (QED) is 0.405. The Morgan fingerprint density at radius 1 is 0.905 bits per heavy atom. The number of fused-ring (bicyclic) bond motifs is 3. The van der Waals surface area contributed by atoms with E-state index < -0.39 is 5.41 Å². The number of allylic oxidation sites excluding steroid dienone is 2. The van der Waals surface area contributed by atoms with E-state index in [0.29, 0.717) is 16.5 Å². The molecule has 2 atom stereocenters. The molecule has 0 radical (unpaired) electrons. The Bertz CT molecular complexity index is 749. The summed E-state index contributed by atoms with van der Waals surface area (Å²) in [6.45, 7) is 7.91. The van der Waals surface area contributed by atoms with Gasteiger partial charge < -0.3 is 0 Å². The molecule has 0 fully saturated rings. The van der Waals surface area contributed by atoms with Crippen molar-refractivity contribution in [3.8, 4) is 0 Å². The Hall–Kier alpha value is -0.210. The summed E-state index contributed by atoms with van der Waals surface area (Å²) in [6.07, 6.45) is 0.642. The van der Waals surface area contributed by atoms with Gasteiger partial charge in [-0.3, -0.25) is 4.79 Å². The minimum atomic E-state index is -0.731. The number of halogens is 4. The van der Waals surface area contributed by atoms with Crippen LogP contribution in [-0.2, 0) is 16.6 Å². The summed E-state index contributed by atoms with van der Waals surface area (Å²) >= 11 is 25.2. The lowest BCUT2D eigenvalue weighted by Crippen LogP contribution is -2.40. The van der Waals surface area contributed by atoms with Crippen molar-refractivity contribution < 1.29 is 4.79 Å². The van der Waals surface area contributed by atoms with Gasteiger partial charge in [0.15, 0.2) is 5.78 Å². The summed E-state index contributed by atoms with van der Waals surface area (Å²) in [5.74, 6) is 0.0950. The molecule has 0 spiro atoms. The maximum Gasteiger partial charge on any atom is 0.169 e. The Balaban J connectivity index is 2.44. The molecule has 0 unspecified atom stereocenters.